The monoisotopic (exact) mass is 387 g/mol. The second-order valence-corrected chi connectivity index (χ2v) is 7.01. The van der Waals surface area contributed by atoms with Gasteiger partial charge in [0.05, 0.1) is 10.6 Å². The Morgan fingerprint density at radius 3 is 2.52 bits per heavy atom. The van der Waals surface area contributed by atoms with E-state index in [-0.39, 0.29) is 10.6 Å². The van der Waals surface area contributed by atoms with E-state index in [1.807, 2.05) is 0 Å². The molecule has 0 spiro atoms. The van der Waals surface area contributed by atoms with Crippen LogP contribution in [0.4, 0.5) is 0 Å². The van der Waals surface area contributed by atoms with Crippen LogP contribution in [0.1, 0.15) is 16.6 Å². The minimum absolute atomic E-state index is 0.0837. The Hall–Kier alpha value is -0.720. The SMILES string of the molecule is O=C(OC(n1cncn1)C(Cl)(Cl)Cl)c1ccc(Cl)cc1Cl. The number of carbonyl (C=O) groups is 1. The summed E-state index contributed by atoms with van der Waals surface area (Å²) in [7, 11) is 0. The summed E-state index contributed by atoms with van der Waals surface area (Å²) in [6, 6.07) is 4.30. The fourth-order valence-corrected chi connectivity index (χ4v) is 2.35. The minimum Gasteiger partial charge on any atom is -0.431 e. The fraction of sp³-hybridized carbons (Fsp3) is 0.182. The van der Waals surface area contributed by atoms with Crippen LogP contribution in [0, 0.1) is 0 Å². The molecule has 1 unspecified atom stereocenters. The number of nitrogens with zero attached hydrogens (tertiary/aromatic N) is 3. The molecule has 0 amide bonds. The van der Waals surface area contributed by atoms with Crippen molar-refractivity contribution in [3.05, 3.63) is 46.5 Å². The number of ether oxygens (including phenoxy) is 1. The molecule has 0 N–H and O–H groups in total. The lowest BCUT2D eigenvalue weighted by molar-refractivity contribution is 0.00609. The molecular formula is C11H6Cl5N3O2. The first-order valence-electron chi connectivity index (χ1n) is 5.36. The molecule has 112 valence electrons. The molecule has 0 radical (unpaired) electrons. The van der Waals surface area contributed by atoms with Crippen LogP contribution in [0.5, 0.6) is 0 Å². The third-order valence-electron chi connectivity index (χ3n) is 2.33. The molecule has 0 fully saturated rings. The third kappa shape index (κ3) is 4.14. The van der Waals surface area contributed by atoms with Crippen LogP contribution in [0.15, 0.2) is 30.9 Å². The molecule has 0 aliphatic carbocycles. The molecule has 2 aromatic rings. The van der Waals surface area contributed by atoms with Gasteiger partial charge in [-0.25, -0.2) is 14.5 Å². The zero-order chi connectivity index (χ0) is 15.6. The summed E-state index contributed by atoms with van der Waals surface area (Å²) >= 11 is 29.1. The van der Waals surface area contributed by atoms with Gasteiger partial charge in [-0.1, -0.05) is 58.0 Å². The molecular weight excluding hydrogens is 383 g/mol. The van der Waals surface area contributed by atoms with Crippen LogP contribution in [0.2, 0.25) is 10.0 Å². The van der Waals surface area contributed by atoms with Crippen molar-refractivity contribution >= 4 is 64.0 Å². The number of carbonyl (C=O) groups excluding carboxylic acids is 1. The zero-order valence-electron chi connectivity index (χ0n) is 10.0. The lowest BCUT2D eigenvalue weighted by Crippen LogP contribution is -2.29. The van der Waals surface area contributed by atoms with E-state index in [4.69, 9.17) is 62.7 Å². The van der Waals surface area contributed by atoms with E-state index in [0.29, 0.717) is 5.02 Å². The van der Waals surface area contributed by atoms with E-state index < -0.39 is 16.0 Å². The molecule has 21 heavy (non-hydrogen) atoms. The lowest BCUT2D eigenvalue weighted by Gasteiger charge is -2.24. The fourth-order valence-electron chi connectivity index (χ4n) is 1.43. The van der Waals surface area contributed by atoms with Gasteiger partial charge in [-0.2, -0.15) is 5.10 Å². The molecule has 1 atom stereocenters. The Bertz CT molecular complexity index is 642. The number of alkyl halides is 3. The van der Waals surface area contributed by atoms with Crippen molar-refractivity contribution in [3.8, 4) is 0 Å². The summed E-state index contributed by atoms with van der Waals surface area (Å²) in [5.41, 5.74) is 0.0837. The molecule has 0 aliphatic rings. The summed E-state index contributed by atoms with van der Waals surface area (Å²) < 4.78 is 4.33. The standard InChI is InChI=1S/C11H6Cl5N3O2/c12-6-1-2-7(8(13)3-6)9(20)21-10(11(14,15)16)19-5-17-4-18-19/h1-5,10H. The average molecular weight is 389 g/mol. The van der Waals surface area contributed by atoms with Crippen LogP contribution in [-0.4, -0.2) is 24.5 Å². The second kappa shape index (κ2) is 6.58. The summed E-state index contributed by atoms with van der Waals surface area (Å²) in [6.45, 7) is 0. The maximum absolute atomic E-state index is 12.1. The molecule has 0 bridgehead atoms. The second-order valence-electron chi connectivity index (χ2n) is 3.80. The van der Waals surface area contributed by atoms with Gasteiger partial charge < -0.3 is 4.74 Å². The number of aromatic nitrogens is 3. The Morgan fingerprint density at radius 1 is 1.29 bits per heavy atom. The first-order chi connectivity index (χ1) is 9.79. The van der Waals surface area contributed by atoms with Crippen molar-refractivity contribution in [2.45, 2.75) is 10.0 Å². The average Bonchev–Trinajstić information content (AvgIpc) is 2.87. The van der Waals surface area contributed by atoms with Crippen molar-refractivity contribution in [3.63, 3.8) is 0 Å². The largest absolute Gasteiger partial charge is 0.431 e. The van der Waals surface area contributed by atoms with Gasteiger partial charge in [0, 0.05) is 5.02 Å². The van der Waals surface area contributed by atoms with Gasteiger partial charge in [0.15, 0.2) is 0 Å². The highest BCUT2D eigenvalue weighted by molar-refractivity contribution is 6.67. The summed E-state index contributed by atoms with van der Waals surface area (Å²) in [6.07, 6.45) is 1.17. The van der Waals surface area contributed by atoms with Gasteiger partial charge in [-0.3, -0.25) is 0 Å². The number of benzene rings is 1. The molecule has 5 nitrogen and oxygen atoms in total. The molecule has 1 heterocycles. The van der Waals surface area contributed by atoms with Crippen molar-refractivity contribution in [2.24, 2.45) is 0 Å². The van der Waals surface area contributed by atoms with E-state index in [1.165, 1.54) is 30.9 Å². The topological polar surface area (TPSA) is 57.0 Å². The van der Waals surface area contributed by atoms with E-state index >= 15 is 0 Å². The smallest absolute Gasteiger partial charge is 0.341 e. The van der Waals surface area contributed by atoms with Gasteiger partial charge in [0.2, 0.25) is 10.0 Å². The highest BCUT2D eigenvalue weighted by atomic mass is 35.6. The maximum atomic E-state index is 12.1. The number of halogens is 5. The maximum Gasteiger partial charge on any atom is 0.341 e. The lowest BCUT2D eigenvalue weighted by atomic mass is 10.2. The van der Waals surface area contributed by atoms with Crippen LogP contribution < -0.4 is 0 Å². The first kappa shape index (κ1) is 16.6. The number of esters is 1. The number of hydrogen-bond donors (Lipinski definition) is 0. The van der Waals surface area contributed by atoms with E-state index in [2.05, 4.69) is 10.1 Å². The zero-order valence-corrected chi connectivity index (χ0v) is 13.8. The predicted molar refractivity (Wildman–Crippen MR) is 81.2 cm³/mol. The van der Waals surface area contributed by atoms with Gasteiger partial charge in [0.25, 0.3) is 0 Å². The van der Waals surface area contributed by atoms with Crippen LogP contribution in [0.3, 0.4) is 0 Å². The Balaban J connectivity index is 2.27. The minimum atomic E-state index is -1.94. The van der Waals surface area contributed by atoms with Crippen LogP contribution in [0.25, 0.3) is 0 Å². The van der Waals surface area contributed by atoms with Gasteiger partial charge in [0.1, 0.15) is 12.7 Å². The van der Waals surface area contributed by atoms with Gasteiger partial charge in [-0.15, -0.1) is 0 Å². The molecule has 0 aliphatic heterocycles. The Kier molecular flexibility index (Phi) is 5.22. The van der Waals surface area contributed by atoms with Gasteiger partial charge in [-0.05, 0) is 18.2 Å². The molecule has 0 saturated carbocycles. The third-order valence-corrected chi connectivity index (χ3v) is 3.43. The number of hydrogen-bond acceptors (Lipinski definition) is 4. The van der Waals surface area contributed by atoms with Crippen molar-refractivity contribution in [1.29, 1.82) is 0 Å². The quantitative estimate of drug-likeness (QED) is 0.580. The van der Waals surface area contributed by atoms with Gasteiger partial charge >= 0.3 is 5.97 Å². The van der Waals surface area contributed by atoms with E-state index in [9.17, 15) is 4.79 Å². The molecule has 1 aromatic heterocycles. The molecule has 1 aromatic carbocycles. The highest BCUT2D eigenvalue weighted by Crippen LogP contribution is 2.39. The highest BCUT2D eigenvalue weighted by Gasteiger charge is 2.38. The van der Waals surface area contributed by atoms with Crippen molar-refractivity contribution in [1.82, 2.24) is 14.8 Å². The Labute approximate surface area is 144 Å². The van der Waals surface area contributed by atoms with Crippen LogP contribution >= 0.6 is 58.0 Å². The summed E-state index contributed by atoms with van der Waals surface area (Å²) in [5.74, 6) is -0.788. The normalized spacial score (nSPS) is 13.0. The summed E-state index contributed by atoms with van der Waals surface area (Å²) in [4.78, 5) is 15.8. The first-order valence-corrected chi connectivity index (χ1v) is 7.25. The predicted octanol–water partition coefficient (Wildman–Crippen LogP) is 4.31. The number of rotatable bonds is 3. The molecule has 10 heteroatoms. The van der Waals surface area contributed by atoms with Crippen molar-refractivity contribution < 1.29 is 9.53 Å². The van der Waals surface area contributed by atoms with Crippen LogP contribution in [-0.2, 0) is 4.74 Å². The van der Waals surface area contributed by atoms with E-state index in [1.54, 1.807) is 0 Å². The van der Waals surface area contributed by atoms with E-state index in [0.717, 1.165) is 4.68 Å². The van der Waals surface area contributed by atoms with Crippen molar-refractivity contribution in [2.75, 3.05) is 0 Å². The molecule has 2 rings (SSSR count). The molecule has 0 saturated heterocycles. The summed E-state index contributed by atoms with van der Waals surface area (Å²) in [5, 5.41) is 4.29. The Morgan fingerprint density at radius 2 is 2.00 bits per heavy atom.